The molecular formula is C19H28N2O2S. The predicted molar refractivity (Wildman–Crippen MR) is 98.5 cm³/mol. The number of hydrogen-bond acceptors (Lipinski definition) is 4. The highest BCUT2D eigenvalue weighted by Gasteiger charge is 2.31. The molecule has 4 nitrogen and oxygen atoms in total. The molecule has 1 heterocycles. The number of benzene rings is 1. The van der Waals surface area contributed by atoms with Gasteiger partial charge in [-0.1, -0.05) is 12.8 Å². The lowest BCUT2D eigenvalue weighted by atomic mass is 9.89. The third kappa shape index (κ3) is 4.32. The Morgan fingerprint density at radius 3 is 2.42 bits per heavy atom. The smallest absolute Gasteiger partial charge is 0.251 e. The second kappa shape index (κ2) is 8.37. The summed E-state index contributed by atoms with van der Waals surface area (Å²) in [5.41, 5.74) is 0.734. The second-order valence-electron chi connectivity index (χ2n) is 6.93. The molecular weight excluding hydrogens is 320 g/mol. The quantitative estimate of drug-likeness (QED) is 0.822. The lowest BCUT2D eigenvalue weighted by Crippen LogP contribution is -2.52. The lowest BCUT2D eigenvalue weighted by Gasteiger charge is -2.41. The van der Waals surface area contributed by atoms with Crippen LogP contribution in [0.5, 0.6) is 0 Å². The SMILES string of the molecule is CSc1ccc(C(=O)NC2CCN(C3CCCCC3O)CC2)cc1. The Morgan fingerprint density at radius 2 is 1.79 bits per heavy atom. The molecule has 2 aliphatic rings. The van der Waals surface area contributed by atoms with Crippen molar-refractivity contribution in [3.05, 3.63) is 29.8 Å². The van der Waals surface area contributed by atoms with Gasteiger partial charge in [-0.3, -0.25) is 9.69 Å². The van der Waals surface area contributed by atoms with E-state index in [1.165, 1.54) is 11.3 Å². The first kappa shape index (κ1) is 17.8. The van der Waals surface area contributed by atoms with Crippen molar-refractivity contribution >= 4 is 17.7 Å². The summed E-state index contributed by atoms with van der Waals surface area (Å²) in [4.78, 5) is 16.0. The van der Waals surface area contributed by atoms with Crippen molar-refractivity contribution in [1.29, 1.82) is 0 Å². The number of carbonyl (C=O) groups excluding carboxylic acids is 1. The number of thioether (sulfide) groups is 1. The van der Waals surface area contributed by atoms with Crippen LogP contribution < -0.4 is 5.32 Å². The Morgan fingerprint density at radius 1 is 1.12 bits per heavy atom. The molecule has 0 bridgehead atoms. The fraction of sp³-hybridized carbons (Fsp3) is 0.632. The maximum atomic E-state index is 12.4. The van der Waals surface area contributed by atoms with E-state index in [0.717, 1.165) is 50.8 Å². The standard InChI is InChI=1S/C19H28N2O2S/c1-24-16-8-6-14(7-9-16)19(23)20-15-10-12-21(13-11-15)17-4-2-3-5-18(17)22/h6-9,15,17-18,22H,2-5,10-13H2,1H3,(H,20,23). The number of hydrogen-bond donors (Lipinski definition) is 2. The third-order valence-electron chi connectivity index (χ3n) is 5.38. The molecule has 0 radical (unpaired) electrons. The number of piperidine rings is 1. The average molecular weight is 349 g/mol. The lowest BCUT2D eigenvalue weighted by molar-refractivity contribution is 0.00727. The molecule has 1 aliphatic carbocycles. The molecule has 2 fully saturated rings. The predicted octanol–water partition coefficient (Wildman–Crippen LogP) is 2.91. The highest BCUT2D eigenvalue weighted by atomic mass is 32.2. The molecule has 1 amide bonds. The van der Waals surface area contributed by atoms with Gasteiger partial charge in [-0.2, -0.15) is 0 Å². The molecule has 5 heteroatoms. The molecule has 2 N–H and O–H groups in total. The normalized spacial score (nSPS) is 26.2. The third-order valence-corrected chi connectivity index (χ3v) is 6.12. The summed E-state index contributed by atoms with van der Waals surface area (Å²) in [6.07, 6.45) is 8.24. The highest BCUT2D eigenvalue weighted by molar-refractivity contribution is 7.98. The van der Waals surface area contributed by atoms with Crippen LogP contribution in [0.25, 0.3) is 0 Å². The van der Waals surface area contributed by atoms with Gasteiger partial charge in [0.1, 0.15) is 0 Å². The zero-order valence-electron chi connectivity index (χ0n) is 14.4. The van der Waals surface area contributed by atoms with Crippen LogP contribution in [0.2, 0.25) is 0 Å². The summed E-state index contributed by atoms with van der Waals surface area (Å²) in [6, 6.07) is 8.35. The molecule has 1 aliphatic heterocycles. The summed E-state index contributed by atoms with van der Waals surface area (Å²) >= 11 is 1.68. The maximum absolute atomic E-state index is 12.4. The van der Waals surface area contributed by atoms with E-state index in [4.69, 9.17) is 0 Å². The Kier molecular flexibility index (Phi) is 6.19. The Balaban J connectivity index is 1.48. The van der Waals surface area contributed by atoms with E-state index < -0.39 is 0 Å². The van der Waals surface area contributed by atoms with Crippen molar-refractivity contribution in [2.45, 2.75) is 61.6 Å². The van der Waals surface area contributed by atoms with Gasteiger partial charge in [0.25, 0.3) is 5.91 Å². The van der Waals surface area contributed by atoms with Gasteiger partial charge in [0.15, 0.2) is 0 Å². The van der Waals surface area contributed by atoms with E-state index in [1.807, 2.05) is 30.5 Å². The first-order valence-corrected chi connectivity index (χ1v) is 10.3. The van der Waals surface area contributed by atoms with Crippen LogP contribution >= 0.6 is 11.8 Å². The van der Waals surface area contributed by atoms with E-state index in [2.05, 4.69) is 10.2 Å². The van der Waals surface area contributed by atoms with Crippen LogP contribution in [0.4, 0.5) is 0 Å². The van der Waals surface area contributed by atoms with E-state index in [0.29, 0.717) is 6.04 Å². The van der Waals surface area contributed by atoms with E-state index in [9.17, 15) is 9.90 Å². The van der Waals surface area contributed by atoms with Crippen molar-refractivity contribution in [1.82, 2.24) is 10.2 Å². The van der Waals surface area contributed by atoms with Crippen molar-refractivity contribution in [3.8, 4) is 0 Å². The maximum Gasteiger partial charge on any atom is 0.251 e. The van der Waals surface area contributed by atoms with Gasteiger partial charge in [-0.15, -0.1) is 11.8 Å². The van der Waals surface area contributed by atoms with Crippen molar-refractivity contribution < 1.29 is 9.90 Å². The van der Waals surface area contributed by atoms with Crippen LogP contribution in [0.1, 0.15) is 48.9 Å². The molecule has 2 unspecified atom stereocenters. The zero-order chi connectivity index (χ0) is 16.9. The number of nitrogens with one attached hydrogen (secondary N) is 1. The fourth-order valence-corrected chi connectivity index (χ4v) is 4.31. The van der Waals surface area contributed by atoms with E-state index in [-0.39, 0.29) is 18.1 Å². The topological polar surface area (TPSA) is 52.6 Å². The minimum absolute atomic E-state index is 0.0267. The van der Waals surface area contributed by atoms with Crippen molar-refractivity contribution in [2.75, 3.05) is 19.3 Å². The number of nitrogens with zero attached hydrogens (tertiary/aromatic N) is 1. The number of rotatable bonds is 4. The Hall–Kier alpha value is -1.04. The van der Waals surface area contributed by atoms with Crippen LogP contribution in [0, 0.1) is 0 Å². The number of aliphatic hydroxyl groups is 1. The van der Waals surface area contributed by atoms with Gasteiger partial charge in [-0.05, 0) is 56.2 Å². The molecule has 1 saturated heterocycles. The Labute approximate surface area is 149 Å². The number of aliphatic hydroxyl groups excluding tert-OH is 1. The van der Waals surface area contributed by atoms with Crippen molar-refractivity contribution in [3.63, 3.8) is 0 Å². The summed E-state index contributed by atoms with van der Waals surface area (Å²) in [7, 11) is 0. The van der Waals surface area contributed by atoms with Crippen LogP contribution in [-0.2, 0) is 0 Å². The number of carbonyl (C=O) groups is 1. The fourth-order valence-electron chi connectivity index (χ4n) is 3.90. The molecule has 1 aromatic rings. The molecule has 0 aromatic heterocycles. The number of likely N-dealkylation sites (tertiary alicyclic amines) is 1. The monoisotopic (exact) mass is 348 g/mol. The highest BCUT2D eigenvalue weighted by Crippen LogP contribution is 2.26. The van der Waals surface area contributed by atoms with Gasteiger partial charge < -0.3 is 10.4 Å². The summed E-state index contributed by atoms with van der Waals surface area (Å²) in [6.45, 7) is 1.94. The molecule has 24 heavy (non-hydrogen) atoms. The van der Waals surface area contributed by atoms with E-state index >= 15 is 0 Å². The molecule has 0 spiro atoms. The molecule has 2 atom stereocenters. The minimum Gasteiger partial charge on any atom is -0.391 e. The zero-order valence-corrected chi connectivity index (χ0v) is 15.2. The summed E-state index contributed by atoms with van der Waals surface area (Å²) in [5, 5.41) is 13.4. The summed E-state index contributed by atoms with van der Waals surface area (Å²) < 4.78 is 0. The van der Waals surface area contributed by atoms with E-state index in [1.54, 1.807) is 11.8 Å². The Bertz CT molecular complexity index is 541. The molecule has 132 valence electrons. The van der Waals surface area contributed by atoms with Crippen molar-refractivity contribution in [2.24, 2.45) is 0 Å². The van der Waals surface area contributed by atoms with Gasteiger partial charge in [0, 0.05) is 35.6 Å². The first-order valence-electron chi connectivity index (χ1n) is 9.04. The average Bonchev–Trinajstić information content (AvgIpc) is 2.63. The minimum atomic E-state index is -0.167. The second-order valence-corrected chi connectivity index (χ2v) is 7.81. The molecule has 3 rings (SSSR count). The van der Waals surface area contributed by atoms with Crippen LogP contribution in [-0.4, -0.2) is 53.4 Å². The first-order chi connectivity index (χ1) is 11.7. The van der Waals surface area contributed by atoms with Gasteiger partial charge >= 0.3 is 0 Å². The largest absolute Gasteiger partial charge is 0.391 e. The van der Waals surface area contributed by atoms with Crippen LogP contribution in [0.3, 0.4) is 0 Å². The number of amides is 1. The van der Waals surface area contributed by atoms with Gasteiger partial charge in [0.05, 0.1) is 6.10 Å². The van der Waals surface area contributed by atoms with Crippen LogP contribution in [0.15, 0.2) is 29.2 Å². The molecule has 1 aromatic carbocycles. The van der Waals surface area contributed by atoms with Gasteiger partial charge in [-0.25, -0.2) is 0 Å². The summed E-state index contributed by atoms with van der Waals surface area (Å²) in [5.74, 6) is 0.0267. The van der Waals surface area contributed by atoms with Gasteiger partial charge in [0.2, 0.25) is 0 Å². The molecule has 1 saturated carbocycles.